The second-order valence-corrected chi connectivity index (χ2v) is 8.63. The molecule has 1 N–H and O–H groups in total. The van der Waals surface area contributed by atoms with Gasteiger partial charge in [0.1, 0.15) is 11.5 Å². The Morgan fingerprint density at radius 3 is 2.90 bits per heavy atom. The molecule has 1 unspecified atom stereocenters. The minimum Gasteiger partial charge on any atom is -0.495 e. The molecule has 29 heavy (non-hydrogen) atoms. The van der Waals surface area contributed by atoms with E-state index in [1.165, 1.54) is 11.1 Å². The number of nitrogens with zero attached hydrogens (tertiary/aromatic N) is 1. The molecular formula is C24H28N2O3. The molecular weight excluding hydrogens is 364 g/mol. The highest BCUT2D eigenvalue weighted by Crippen LogP contribution is 2.59. The van der Waals surface area contributed by atoms with Crippen molar-refractivity contribution in [1.82, 2.24) is 4.90 Å². The first-order valence-corrected chi connectivity index (χ1v) is 10.6. The molecule has 1 spiro atoms. The van der Waals surface area contributed by atoms with Crippen LogP contribution in [0.4, 0.5) is 5.69 Å². The van der Waals surface area contributed by atoms with Crippen LogP contribution in [-0.2, 0) is 17.8 Å². The van der Waals surface area contributed by atoms with Crippen molar-refractivity contribution in [1.29, 1.82) is 0 Å². The van der Waals surface area contributed by atoms with Crippen LogP contribution in [0.25, 0.3) is 0 Å². The first-order valence-electron chi connectivity index (χ1n) is 10.6. The Hall–Kier alpha value is -2.53. The molecule has 2 aromatic carbocycles. The van der Waals surface area contributed by atoms with E-state index in [0.717, 1.165) is 63.4 Å². The van der Waals surface area contributed by atoms with E-state index >= 15 is 0 Å². The maximum atomic E-state index is 12.8. The van der Waals surface area contributed by atoms with Gasteiger partial charge in [0.25, 0.3) is 0 Å². The Balaban J connectivity index is 1.15. The first-order chi connectivity index (χ1) is 14.2. The quantitative estimate of drug-likeness (QED) is 0.839. The van der Waals surface area contributed by atoms with Crippen molar-refractivity contribution >= 4 is 11.6 Å². The van der Waals surface area contributed by atoms with Crippen molar-refractivity contribution in [3.63, 3.8) is 0 Å². The molecule has 1 amide bonds. The highest BCUT2D eigenvalue weighted by atomic mass is 16.5. The SMILES string of the molecule is COc1ccccc1NC(=O)C1CC12CCN(Cc1ccc3c(c1)CCO3)CC2. The average Bonchev–Trinajstić information content (AvgIpc) is 3.24. The van der Waals surface area contributed by atoms with Gasteiger partial charge in [-0.2, -0.15) is 0 Å². The topological polar surface area (TPSA) is 50.8 Å². The number of rotatable bonds is 5. The zero-order valence-corrected chi connectivity index (χ0v) is 16.9. The van der Waals surface area contributed by atoms with Crippen LogP contribution in [0.1, 0.15) is 30.4 Å². The molecule has 0 radical (unpaired) electrons. The molecule has 152 valence electrons. The normalized spacial score (nSPS) is 22.0. The Bertz CT molecular complexity index is 918. The zero-order valence-electron chi connectivity index (χ0n) is 16.9. The fourth-order valence-electron chi connectivity index (χ4n) is 4.99. The van der Waals surface area contributed by atoms with Crippen molar-refractivity contribution in [2.75, 3.05) is 32.1 Å². The lowest BCUT2D eigenvalue weighted by molar-refractivity contribution is -0.118. The number of benzene rings is 2. The van der Waals surface area contributed by atoms with Gasteiger partial charge >= 0.3 is 0 Å². The van der Waals surface area contributed by atoms with Crippen molar-refractivity contribution in [3.8, 4) is 11.5 Å². The lowest BCUT2D eigenvalue weighted by Crippen LogP contribution is -2.35. The van der Waals surface area contributed by atoms with Crippen LogP contribution in [0.2, 0.25) is 0 Å². The number of anilines is 1. The number of carbonyl (C=O) groups excluding carboxylic acids is 1. The maximum Gasteiger partial charge on any atom is 0.228 e. The minimum atomic E-state index is 0.131. The summed E-state index contributed by atoms with van der Waals surface area (Å²) in [7, 11) is 1.63. The zero-order chi connectivity index (χ0) is 19.8. The van der Waals surface area contributed by atoms with E-state index in [1.54, 1.807) is 7.11 Å². The predicted octanol–water partition coefficient (Wildman–Crippen LogP) is 3.87. The Morgan fingerprint density at radius 1 is 1.24 bits per heavy atom. The largest absolute Gasteiger partial charge is 0.495 e. The molecule has 1 atom stereocenters. The Kier molecular flexibility index (Phi) is 4.70. The van der Waals surface area contributed by atoms with Crippen LogP contribution in [0.3, 0.4) is 0 Å². The number of amides is 1. The molecule has 5 heteroatoms. The second kappa shape index (κ2) is 7.38. The predicted molar refractivity (Wildman–Crippen MR) is 112 cm³/mol. The summed E-state index contributed by atoms with van der Waals surface area (Å²) in [5.41, 5.74) is 3.67. The summed E-state index contributed by atoms with van der Waals surface area (Å²) in [5, 5.41) is 3.08. The van der Waals surface area contributed by atoms with Gasteiger partial charge in [-0.3, -0.25) is 9.69 Å². The lowest BCUT2D eigenvalue weighted by Gasteiger charge is -2.33. The molecule has 1 aliphatic carbocycles. The van der Waals surface area contributed by atoms with Crippen LogP contribution in [-0.4, -0.2) is 37.6 Å². The third-order valence-corrected chi connectivity index (χ3v) is 6.88. The monoisotopic (exact) mass is 392 g/mol. The van der Waals surface area contributed by atoms with Gasteiger partial charge in [-0.05, 0) is 67.1 Å². The van der Waals surface area contributed by atoms with E-state index < -0.39 is 0 Å². The van der Waals surface area contributed by atoms with Gasteiger partial charge in [-0.25, -0.2) is 0 Å². The number of piperidine rings is 1. The van der Waals surface area contributed by atoms with Gasteiger partial charge in [0, 0.05) is 18.9 Å². The third kappa shape index (κ3) is 3.60. The van der Waals surface area contributed by atoms with E-state index in [4.69, 9.17) is 9.47 Å². The van der Waals surface area contributed by atoms with Crippen molar-refractivity contribution in [2.45, 2.75) is 32.2 Å². The second-order valence-electron chi connectivity index (χ2n) is 8.63. The summed E-state index contributed by atoms with van der Waals surface area (Å²) in [5.74, 6) is 2.03. The van der Waals surface area contributed by atoms with E-state index in [1.807, 2.05) is 24.3 Å². The number of carbonyl (C=O) groups is 1. The van der Waals surface area contributed by atoms with Crippen molar-refractivity contribution < 1.29 is 14.3 Å². The Morgan fingerprint density at radius 2 is 2.07 bits per heavy atom. The summed E-state index contributed by atoms with van der Waals surface area (Å²) in [6.07, 6.45) is 4.24. The number of likely N-dealkylation sites (tertiary alicyclic amines) is 1. The summed E-state index contributed by atoms with van der Waals surface area (Å²) in [4.78, 5) is 15.3. The molecule has 1 saturated heterocycles. The van der Waals surface area contributed by atoms with Crippen LogP contribution in [0, 0.1) is 11.3 Å². The van der Waals surface area contributed by atoms with Gasteiger partial charge in [-0.1, -0.05) is 24.3 Å². The molecule has 1 saturated carbocycles. The summed E-state index contributed by atoms with van der Waals surface area (Å²) < 4.78 is 11.0. The maximum absolute atomic E-state index is 12.8. The van der Waals surface area contributed by atoms with Crippen molar-refractivity contribution in [2.24, 2.45) is 11.3 Å². The molecule has 0 aromatic heterocycles. The summed E-state index contributed by atoms with van der Waals surface area (Å²) >= 11 is 0. The number of hydrogen-bond donors (Lipinski definition) is 1. The number of nitrogens with one attached hydrogen (secondary N) is 1. The highest BCUT2D eigenvalue weighted by Gasteiger charge is 2.58. The van der Waals surface area contributed by atoms with Crippen LogP contribution in [0.15, 0.2) is 42.5 Å². The minimum absolute atomic E-state index is 0.131. The lowest BCUT2D eigenvalue weighted by atomic mass is 9.90. The molecule has 5 rings (SSSR count). The van der Waals surface area contributed by atoms with Gasteiger partial charge in [0.15, 0.2) is 0 Å². The summed E-state index contributed by atoms with van der Waals surface area (Å²) in [6, 6.07) is 14.2. The number of ether oxygens (including phenoxy) is 2. The molecule has 2 heterocycles. The Labute approximate surface area is 172 Å². The van der Waals surface area contributed by atoms with Crippen molar-refractivity contribution in [3.05, 3.63) is 53.6 Å². The van der Waals surface area contributed by atoms with E-state index in [0.29, 0.717) is 5.75 Å². The molecule has 3 aliphatic rings. The standard InChI is InChI=1S/C24H28N2O3/c1-28-22-5-3-2-4-20(22)25-23(27)19-15-24(19)9-11-26(12-10-24)16-17-6-7-21-18(14-17)8-13-29-21/h2-7,14,19H,8-13,15-16H2,1H3,(H,25,27). The number of methoxy groups -OCH3 is 1. The van der Waals surface area contributed by atoms with Gasteiger partial charge in [-0.15, -0.1) is 0 Å². The van der Waals surface area contributed by atoms with Gasteiger partial charge < -0.3 is 14.8 Å². The average molecular weight is 392 g/mol. The van der Waals surface area contributed by atoms with Crippen LogP contribution >= 0.6 is 0 Å². The third-order valence-electron chi connectivity index (χ3n) is 6.88. The number of para-hydroxylation sites is 2. The molecule has 2 aliphatic heterocycles. The van der Waals surface area contributed by atoms with Crippen LogP contribution < -0.4 is 14.8 Å². The number of hydrogen-bond acceptors (Lipinski definition) is 4. The molecule has 2 aromatic rings. The molecule has 2 fully saturated rings. The van der Waals surface area contributed by atoms with Crippen LogP contribution in [0.5, 0.6) is 11.5 Å². The fraction of sp³-hybridized carbons (Fsp3) is 0.458. The van der Waals surface area contributed by atoms with Gasteiger partial charge in [0.05, 0.1) is 19.4 Å². The summed E-state index contributed by atoms with van der Waals surface area (Å²) in [6.45, 7) is 3.92. The van der Waals surface area contributed by atoms with E-state index in [9.17, 15) is 4.79 Å². The first kappa shape index (κ1) is 18.5. The molecule has 5 nitrogen and oxygen atoms in total. The molecule has 0 bridgehead atoms. The number of fused-ring (bicyclic) bond motifs is 1. The fourth-order valence-corrected chi connectivity index (χ4v) is 4.99. The van der Waals surface area contributed by atoms with E-state index in [-0.39, 0.29) is 17.2 Å². The van der Waals surface area contributed by atoms with E-state index in [2.05, 4.69) is 28.4 Å². The van der Waals surface area contributed by atoms with Gasteiger partial charge in [0.2, 0.25) is 5.91 Å². The highest BCUT2D eigenvalue weighted by molar-refractivity contribution is 5.96. The smallest absolute Gasteiger partial charge is 0.228 e.